The predicted octanol–water partition coefficient (Wildman–Crippen LogP) is 2.35. The van der Waals surface area contributed by atoms with Crippen LogP contribution in [0.1, 0.15) is 17.3 Å². The maximum atomic E-state index is 13.9. The zero-order chi connectivity index (χ0) is 22.3. The van der Waals surface area contributed by atoms with Crippen molar-refractivity contribution >= 4 is 39.1 Å². The third kappa shape index (κ3) is 3.98. The summed E-state index contributed by atoms with van der Waals surface area (Å²) in [5.74, 6) is -1.25. The van der Waals surface area contributed by atoms with Crippen LogP contribution in [0.3, 0.4) is 0 Å². The van der Waals surface area contributed by atoms with Crippen LogP contribution in [-0.2, 0) is 14.8 Å². The van der Waals surface area contributed by atoms with E-state index in [1.54, 1.807) is 13.0 Å². The van der Waals surface area contributed by atoms with Crippen molar-refractivity contribution in [1.29, 1.82) is 0 Å². The van der Waals surface area contributed by atoms with Crippen LogP contribution in [0.4, 0.5) is 10.1 Å². The first-order valence-electron chi connectivity index (χ1n) is 9.53. The molecule has 31 heavy (non-hydrogen) atoms. The van der Waals surface area contributed by atoms with E-state index >= 15 is 0 Å². The molecule has 1 fully saturated rings. The Kier molecular flexibility index (Phi) is 5.63. The highest BCUT2D eigenvalue weighted by Crippen LogP contribution is 2.38. The second-order valence-corrected chi connectivity index (χ2v) is 9.52. The van der Waals surface area contributed by atoms with Gasteiger partial charge < -0.3 is 15.0 Å². The van der Waals surface area contributed by atoms with E-state index in [9.17, 15) is 22.4 Å². The highest BCUT2D eigenvalue weighted by Gasteiger charge is 2.34. The molecule has 2 amide bonds. The van der Waals surface area contributed by atoms with E-state index < -0.39 is 27.9 Å². The molecule has 0 spiro atoms. The smallest absolute Gasteiger partial charge is 0.265 e. The molecule has 164 valence electrons. The molecule has 2 heterocycles. The number of nitrogens with zero attached hydrogens (tertiary/aromatic N) is 2. The van der Waals surface area contributed by atoms with Gasteiger partial charge in [0.25, 0.3) is 11.8 Å². The maximum absolute atomic E-state index is 13.9. The molecule has 0 saturated carbocycles. The second kappa shape index (κ2) is 8.10. The van der Waals surface area contributed by atoms with Gasteiger partial charge in [-0.05, 0) is 25.1 Å². The number of nitrogens with one attached hydrogen (secondary N) is 1. The summed E-state index contributed by atoms with van der Waals surface area (Å²) >= 11 is 6.21. The normalized spacial score (nSPS) is 19.4. The Morgan fingerprint density at radius 2 is 1.87 bits per heavy atom. The van der Waals surface area contributed by atoms with Gasteiger partial charge in [0, 0.05) is 32.2 Å². The van der Waals surface area contributed by atoms with E-state index in [1.807, 2.05) is 0 Å². The van der Waals surface area contributed by atoms with Crippen LogP contribution in [0.5, 0.6) is 5.75 Å². The fraction of sp³-hybridized carbons (Fsp3) is 0.300. The summed E-state index contributed by atoms with van der Waals surface area (Å²) in [6.45, 7) is 1.83. The standard InChI is InChI=1S/C20H19ClFN3O5S/c1-12-19(26)23-16-10-14(21)18(11-17(16)30-12)31(28,29)25-8-6-24(7-9-25)20(27)13-4-2-3-5-15(13)22/h2-5,10-12H,6-9H2,1H3,(H,23,26)/t12-/m0/s1. The molecule has 2 aromatic rings. The molecule has 0 bridgehead atoms. The van der Waals surface area contributed by atoms with Gasteiger partial charge in [0.2, 0.25) is 10.0 Å². The van der Waals surface area contributed by atoms with E-state index in [2.05, 4.69) is 5.32 Å². The van der Waals surface area contributed by atoms with Crippen molar-refractivity contribution < 1.29 is 27.1 Å². The lowest BCUT2D eigenvalue weighted by atomic mass is 10.1. The Bertz CT molecular complexity index is 1170. The van der Waals surface area contributed by atoms with Gasteiger partial charge in [-0.15, -0.1) is 0 Å². The van der Waals surface area contributed by atoms with Crippen molar-refractivity contribution in [2.45, 2.75) is 17.9 Å². The minimum absolute atomic E-state index is 0.0317. The molecule has 0 aromatic heterocycles. The van der Waals surface area contributed by atoms with Gasteiger partial charge in [0.1, 0.15) is 16.5 Å². The van der Waals surface area contributed by atoms with Gasteiger partial charge in [0.05, 0.1) is 16.3 Å². The van der Waals surface area contributed by atoms with Gasteiger partial charge >= 0.3 is 0 Å². The number of rotatable bonds is 3. The predicted molar refractivity (Wildman–Crippen MR) is 111 cm³/mol. The zero-order valence-corrected chi connectivity index (χ0v) is 18.0. The third-order valence-corrected chi connectivity index (χ3v) is 7.58. The van der Waals surface area contributed by atoms with Crippen molar-refractivity contribution in [3.8, 4) is 5.75 Å². The monoisotopic (exact) mass is 467 g/mol. The van der Waals surface area contributed by atoms with Crippen LogP contribution in [0.2, 0.25) is 5.02 Å². The molecule has 2 aliphatic heterocycles. The van der Waals surface area contributed by atoms with Crippen LogP contribution in [0.15, 0.2) is 41.3 Å². The molecule has 0 aliphatic carbocycles. The average molecular weight is 468 g/mol. The Morgan fingerprint density at radius 1 is 1.19 bits per heavy atom. The van der Waals surface area contributed by atoms with Gasteiger partial charge in [-0.2, -0.15) is 4.31 Å². The summed E-state index contributed by atoms with van der Waals surface area (Å²) in [4.78, 5) is 25.6. The first kappa shape index (κ1) is 21.5. The summed E-state index contributed by atoms with van der Waals surface area (Å²) in [5, 5.41) is 2.56. The molecule has 1 atom stereocenters. The fourth-order valence-electron chi connectivity index (χ4n) is 3.48. The first-order valence-corrected chi connectivity index (χ1v) is 11.4. The highest BCUT2D eigenvalue weighted by atomic mass is 35.5. The number of amides is 2. The van der Waals surface area contributed by atoms with Crippen LogP contribution >= 0.6 is 11.6 Å². The zero-order valence-electron chi connectivity index (χ0n) is 16.5. The number of fused-ring (bicyclic) bond motifs is 1. The van der Waals surface area contributed by atoms with Crippen molar-refractivity contribution in [1.82, 2.24) is 9.21 Å². The van der Waals surface area contributed by atoms with Gasteiger partial charge in [-0.25, -0.2) is 12.8 Å². The lowest BCUT2D eigenvalue weighted by Crippen LogP contribution is -2.50. The van der Waals surface area contributed by atoms with E-state index in [-0.39, 0.29) is 53.3 Å². The van der Waals surface area contributed by atoms with Crippen molar-refractivity contribution in [3.05, 3.63) is 52.8 Å². The van der Waals surface area contributed by atoms with Crippen LogP contribution in [0.25, 0.3) is 0 Å². The molecule has 2 aromatic carbocycles. The number of hydrogen-bond donors (Lipinski definition) is 1. The van der Waals surface area contributed by atoms with E-state index in [0.29, 0.717) is 5.69 Å². The van der Waals surface area contributed by atoms with E-state index in [0.717, 1.165) is 0 Å². The quantitative estimate of drug-likeness (QED) is 0.747. The molecule has 0 unspecified atom stereocenters. The summed E-state index contributed by atoms with van der Waals surface area (Å²) < 4.78 is 47.0. The third-order valence-electron chi connectivity index (χ3n) is 5.21. The number of benzene rings is 2. The van der Waals surface area contributed by atoms with Gasteiger partial charge in [-0.3, -0.25) is 9.59 Å². The van der Waals surface area contributed by atoms with E-state index in [1.165, 1.54) is 39.5 Å². The summed E-state index contributed by atoms with van der Waals surface area (Å²) in [6, 6.07) is 8.30. The number of ether oxygens (including phenoxy) is 1. The lowest BCUT2D eigenvalue weighted by molar-refractivity contribution is -0.122. The van der Waals surface area contributed by atoms with Crippen molar-refractivity contribution in [3.63, 3.8) is 0 Å². The van der Waals surface area contributed by atoms with Crippen molar-refractivity contribution in [2.24, 2.45) is 0 Å². The SMILES string of the molecule is C[C@@H]1Oc2cc(S(=O)(=O)N3CCN(C(=O)c4ccccc4F)CC3)c(Cl)cc2NC1=O. The largest absolute Gasteiger partial charge is 0.479 e. The Balaban J connectivity index is 1.52. The highest BCUT2D eigenvalue weighted by molar-refractivity contribution is 7.89. The Hall–Kier alpha value is -2.69. The van der Waals surface area contributed by atoms with E-state index in [4.69, 9.17) is 16.3 Å². The first-order chi connectivity index (χ1) is 14.7. The molecule has 4 rings (SSSR count). The van der Waals surface area contributed by atoms with Crippen LogP contribution in [0, 0.1) is 5.82 Å². The molecule has 0 radical (unpaired) electrons. The molecular weight excluding hydrogens is 449 g/mol. The summed E-state index contributed by atoms with van der Waals surface area (Å²) in [7, 11) is -3.98. The molecular formula is C20H19ClFN3O5S. The minimum atomic E-state index is -3.98. The molecule has 8 nitrogen and oxygen atoms in total. The molecule has 11 heteroatoms. The number of anilines is 1. The fourth-order valence-corrected chi connectivity index (χ4v) is 5.42. The van der Waals surface area contributed by atoms with Crippen LogP contribution in [-0.4, -0.2) is 61.7 Å². The maximum Gasteiger partial charge on any atom is 0.265 e. The van der Waals surface area contributed by atoms with Gasteiger partial charge in [-0.1, -0.05) is 23.7 Å². The molecule has 1 saturated heterocycles. The summed E-state index contributed by atoms with van der Waals surface area (Å²) in [6.07, 6.45) is -0.767. The average Bonchev–Trinajstić information content (AvgIpc) is 2.74. The number of carbonyl (C=O) groups excluding carboxylic acids is 2. The minimum Gasteiger partial charge on any atom is -0.479 e. The van der Waals surface area contributed by atoms with Crippen LogP contribution < -0.4 is 10.1 Å². The Labute approximate surface area is 183 Å². The van der Waals surface area contributed by atoms with Gasteiger partial charge in [0.15, 0.2) is 6.10 Å². The number of hydrogen-bond acceptors (Lipinski definition) is 5. The Morgan fingerprint density at radius 3 is 2.55 bits per heavy atom. The topological polar surface area (TPSA) is 96.0 Å². The number of carbonyl (C=O) groups is 2. The molecule has 2 aliphatic rings. The number of sulfonamides is 1. The summed E-state index contributed by atoms with van der Waals surface area (Å²) in [5.41, 5.74) is 0.247. The number of halogens is 2. The lowest BCUT2D eigenvalue weighted by Gasteiger charge is -2.34. The molecule has 1 N–H and O–H groups in total. The van der Waals surface area contributed by atoms with Crippen molar-refractivity contribution in [2.75, 3.05) is 31.5 Å². The number of piperazine rings is 1. The second-order valence-electron chi connectivity index (χ2n) is 7.20.